The van der Waals surface area contributed by atoms with Crippen LogP contribution in [-0.4, -0.2) is 96.1 Å². The van der Waals surface area contributed by atoms with Crippen LogP contribution < -0.4 is 20.3 Å². The summed E-state index contributed by atoms with van der Waals surface area (Å²) in [6.07, 6.45) is 3.78. The first kappa shape index (κ1) is 47.3. The molecule has 358 valence electrons. The van der Waals surface area contributed by atoms with E-state index in [1.807, 2.05) is 135 Å². The molecular formula is C54H52N6O10. The molecule has 0 saturated carbocycles. The first-order valence-corrected chi connectivity index (χ1v) is 23.1. The summed E-state index contributed by atoms with van der Waals surface area (Å²) in [7, 11) is 0. The highest BCUT2D eigenvalue weighted by Gasteiger charge is 2.12. The fourth-order valence-electron chi connectivity index (χ4n) is 7.57. The second kappa shape index (κ2) is 23.0. The molecule has 4 aromatic heterocycles. The van der Waals surface area contributed by atoms with Crippen molar-refractivity contribution in [3.05, 3.63) is 165 Å². The number of ether oxygens (including phenoxy) is 6. The molecular weight excluding hydrogens is 893 g/mol. The second-order valence-corrected chi connectivity index (χ2v) is 16.5. The third-order valence-corrected chi connectivity index (χ3v) is 11.2. The molecule has 0 aliphatic carbocycles. The zero-order valence-electron chi connectivity index (χ0n) is 39.0. The van der Waals surface area contributed by atoms with Crippen molar-refractivity contribution in [2.24, 2.45) is 0 Å². The van der Waals surface area contributed by atoms with Crippen molar-refractivity contribution >= 4 is 21.9 Å². The fourth-order valence-corrected chi connectivity index (χ4v) is 7.57. The monoisotopic (exact) mass is 944 g/mol. The summed E-state index contributed by atoms with van der Waals surface area (Å²) in [5.74, 6) is 2.41. The van der Waals surface area contributed by atoms with Crippen molar-refractivity contribution in [3.8, 4) is 56.7 Å². The van der Waals surface area contributed by atoms with Gasteiger partial charge in [-0.25, -0.2) is 9.36 Å². The molecule has 0 amide bonds. The van der Waals surface area contributed by atoms with Crippen molar-refractivity contribution in [2.45, 2.75) is 26.9 Å². The molecule has 0 bridgehead atoms. The number of rotatable bonds is 24. The highest BCUT2D eigenvalue weighted by atomic mass is 16.5. The summed E-state index contributed by atoms with van der Waals surface area (Å²) in [6, 6.07) is 37.0. The van der Waals surface area contributed by atoms with E-state index in [1.165, 1.54) is 12.1 Å². The van der Waals surface area contributed by atoms with E-state index in [4.69, 9.17) is 37.3 Å². The van der Waals surface area contributed by atoms with Gasteiger partial charge < -0.3 is 37.3 Å². The van der Waals surface area contributed by atoms with Crippen LogP contribution in [0.2, 0.25) is 0 Å². The van der Waals surface area contributed by atoms with Crippen LogP contribution in [0.4, 0.5) is 0 Å². The largest absolute Gasteiger partial charge is 0.491 e. The molecule has 4 heterocycles. The first-order chi connectivity index (χ1) is 34.3. The van der Waals surface area contributed by atoms with E-state index in [-0.39, 0.29) is 10.9 Å². The van der Waals surface area contributed by atoms with Gasteiger partial charge >= 0.3 is 0 Å². The molecule has 9 rings (SSSR count). The van der Waals surface area contributed by atoms with E-state index in [9.17, 15) is 9.59 Å². The molecule has 0 radical (unpaired) electrons. The molecule has 0 unspecified atom stereocenters. The molecule has 0 atom stereocenters. The van der Waals surface area contributed by atoms with E-state index >= 15 is 0 Å². The third kappa shape index (κ3) is 12.5. The number of nitrogens with zero attached hydrogens (tertiary/aromatic N) is 6. The molecule has 0 N–H and O–H groups in total. The normalized spacial score (nSPS) is 11.5. The van der Waals surface area contributed by atoms with Gasteiger partial charge in [0.25, 0.3) is 0 Å². The van der Waals surface area contributed by atoms with E-state index < -0.39 is 0 Å². The number of aromatic nitrogens is 6. The zero-order valence-corrected chi connectivity index (χ0v) is 39.0. The number of benzene rings is 5. The summed E-state index contributed by atoms with van der Waals surface area (Å²) in [5.41, 5.74) is 7.90. The predicted molar refractivity (Wildman–Crippen MR) is 264 cm³/mol. The Morgan fingerprint density at radius 1 is 0.443 bits per heavy atom. The van der Waals surface area contributed by atoms with Gasteiger partial charge in [0.15, 0.2) is 10.9 Å². The van der Waals surface area contributed by atoms with Crippen LogP contribution in [0.15, 0.2) is 152 Å². The summed E-state index contributed by atoms with van der Waals surface area (Å²) in [4.78, 5) is 25.2. The number of aryl methyl sites for hydroxylation is 2. The van der Waals surface area contributed by atoms with Crippen molar-refractivity contribution in [1.29, 1.82) is 0 Å². The first-order valence-electron chi connectivity index (χ1n) is 23.1. The highest BCUT2D eigenvalue weighted by molar-refractivity contribution is 5.80. The molecule has 0 saturated heterocycles. The average molecular weight is 945 g/mol. The van der Waals surface area contributed by atoms with Gasteiger partial charge in [-0.3, -0.25) is 9.59 Å². The van der Waals surface area contributed by atoms with Crippen LogP contribution in [0.1, 0.15) is 11.1 Å². The van der Waals surface area contributed by atoms with Gasteiger partial charge in [0.1, 0.15) is 58.8 Å². The van der Waals surface area contributed by atoms with E-state index in [0.29, 0.717) is 124 Å². The summed E-state index contributed by atoms with van der Waals surface area (Å²) < 4.78 is 50.0. The molecule has 0 fully saturated rings. The molecule has 16 nitrogen and oxygen atoms in total. The lowest BCUT2D eigenvalue weighted by atomic mass is 10.1. The highest BCUT2D eigenvalue weighted by Crippen LogP contribution is 2.27. The van der Waals surface area contributed by atoms with Crippen LogP contribution in [0.5, 0.6) is 11.5 Å². The smallest absolute Gasteiger partial charge is 0.193 e. The van der Waals surface area contributed by atoms with Gasteiger partial charge in [-0.05, 0) is 92.7 Å². The molecule has 0 spiro atoms. The lowest BCUT2D eigenvalue weighted by Gasteiger charge is -2.09. The summed E-state index contributed by atoms with van der Waals surface area (Å²) >= 11 is 0. The van der Waals surface area contributed by atoms with E-state index in [2.05, 4.69) is 20.6 Å². The lowest BCUT2D eigenvalue weighted by Crippen LogP contribution is -2.13. The van der Waals surface area contributed by atoms with Crippen LogP contribution in [0, 0.1) is 13.8 Å². The zero-order chi connectivity index (χ0) is 48.1. The molecule has 5 aromatic carbocycles. The summed E-state index contributed by atoms with van der Waals surface area (Å²) in [6.45, 7) is 9.20. The van der Waals surface area contributed by atoms with Gasteiger partial charge in [-0.1, -0.05) is 51.9 Å². The predicted octanol–water partition coefficient (Wildman–Crippen LogP) is 8.59. The minimum absolute atomic E-state index is 0.0693. The van der Waals surface area contributed by atoms with Crippen molar-refractivity contribution in [1.82, 2.24) is 30.0 Å². The standard InChI is InChI=1S/C54H52N6O10/c1-37-6-16-51-45(30-37)49(61)33-53(69-51)39-8-12-43(13-9-39)67-28-26-65-24-22-63-20-18-59-35-47(55-57-59)41-4-3-5-42(32-41)48-36-60(58-56-48)19-21-64-23-25-66-27-29-68-44-14-10-40(11-15-44)54-34-50(62)46-31-38(2)7-17-52(46)70-54/h3-17,30-36H,18-29H2,1-2H3. The molecule has 16 heteroatoms. The number of hydrogen-bond donors (Lipinski definition) is 0. The van der Waals surface area contributed by atoms with Gasteiger partial charge in [0.05, 0.1) is 89.1 Å². The summed E-state index contributed by atoms with van der Waals surface area (Å²) in [5, 5.41) is 18.5. The van der Waals surface area contributed by atoms with Crippen LogP contribution >= 0.6 is 0 Å². The Balaban J connectivity index is 0.611. The number of fused-ring (bicyclic) bond motifs is 2. The Bertz CT molecular complexity index is 3060. The Labute approximate surface area is 402 Å². The Morgan fingerprint density at radius 3 is 1.30 bits per heavy atom. The SMILES string of the molecule is Cc1ccc2oc(-c3ccc(OCCOCCOCCn4cc(-c5cccc(-c6cn(CCOCCOCCOc7ccc(-c8cc(=O)c9cc(C)ccc9o8)cc7)nn6)c5)nn4)cc3)cc(=O)c2c1. The van der Waals surface area contributed by atoms with E-state index in [1.54, 1.807) is 9.36 Å². The van der Waals surface area contributed by atoms with Crippen LogP contribution in [0.3, 0.4) is 0 Å². The maximum absolute atomic E-state index is 12.6. The van der Waals surface area contributed by atoms with Gasteiger partial charge in [0, 0.05) is 34.4 Å². The molecule has 70 heavy (non-hydrogen) atoms. The van der Waals surface area contributed by atoms with Gasteiger partial charge in [-0.2, -0.15) is 0 Å². The minimum atomic E-state index is -0.0693. The minimum Gasteiger partial charge on any atom is -0.491 e. The third-order valence-electron chi connectivity index (χ3n) is 11.2. The average Bonchev–Trinajstić information content (AvgIpc) is 4.07. The van der Waals surface area contributed by atoms with Gasteiger partial charge in [-0.15, -0.1) is 10.2 Å². The van der Waals surface area contributed by atoms with Crippen LogP contribution in [-0.2, 0) is 32.0 Å². The maximum Gasteiger partial charge on any atom is 0.193 e. The Kier molecular flexibility index (Phi) is 15.6. The Morgan fingerprint density at radius 2 is 0.857 bits per heavy atom. The van der Waals surface area contributed by atoms with Crippen LogP contribution in [0.25, 0.3) is 67.1 Å². The van der Waals surface area contributed by atoms with Gasteiger partial charge in [0.2, 0.25) is 0 Å². The quantitative estimate of drug-likeness (QED) is 0.0526. The van der Waals surface area contributed by atoms with Crippen molar-refractivity contribution in [3.63, 3.8) is 0 Å². The fraction of sp³-hybridized carbons (Fsp3) is 0.259. The second-order valence-electron chi connectivity index (χ2n) is 16.5. The number of hydrogen-bond acceptors (Lipinski definition) is 14. The van der Waals surface area contributed by atoms with Crippen molar-refractivity contribution in [2.75, 3.05) is 66.1 Å². The molecule has 0 aliphatic rings. The van der Waals surface area contributed by atoms with E-state index in [0.717, 1.165) is 44.8 Å². The Hall–Kier alpha value is -7.76. The lowest BCUT2D eigenvalue weighted by molar-refractivity contribution is 0.0333. The topological polar surface area (TPSA) is 177 Å². The maximum atomic E-state index is 12.6. The molecule has 9 aromatic rings. The molecule has 0 aliphatic heterocycles. The van der Waals surface area contributed by atoms with Crippen molar-refractivity contribution < 1.29 is 37.3 Å².